The van der Waals surface area contributed by atoms with Crippen LogP contribution in [0.25, 0.3) is 0 Å². The van der Waals surface area contributed by atoms with Gasteiger partial charge >= 0.3 is 7.82 Å². The maximum atomic E-state index is 12.9. The van der Waals surface area contributed by atoms with Gasteiger partial charge in [-0.15, -0.1) is 0 Å². The third-order valence-corrected chi connectivity index (χ3v) is 12.3. The summed E-state index contributed by atoms with van der Waals surface area (Å²) in [5, 5.41) is 13.9. The molecule has 0 saturated carbocycles. The average Bonchev–Trinajstić information content (AvgIpc) is 3.20. The second-order valence-electron chi connectivity index (χ2n) is 18.5. The molecule has 0 rings (SSSR count). The molecular formula is C51H100N2O6P+. The number of allylic oxidation sites excluding steroid dienone is 5. The molecule has 8 nitrogen and oxygen atoms in total. The minimum absolute atomic E-state index is 0.0556. The maximum absolute atomic E-state index is 12.9. The first-order chi connectivity index (χ1) is 29.0. The first kappa shape index (κ1) is 58.7. The van der Waals surface area contributed by atoms with E-state index in [1.54, 1.807) is 6.08 Å². The van der Waals surface area contributed by atoms with Crippen molar-refractivity contribution in [1.29, 1.82) is 0 Å². The highest BCUT2D eigenvalue weighted by atomic mass is 31.2. The Morgan fingerprint density at radius 1 is 0.550 bits per heavy atom. The van der Waals surface area contributed by atoms with E-state index in [2.05, 4.69) is 43.5 Å². The Hall–Kier alpha value is -1.28. The van der Waals surface area contributed by atoms with E-state index in [9.17, 15) is 19.4 Å². The molecule has 0 aliphatic heterocycles. The van der Waals surface area contributed by atoms with Gasteiger partial charge in [0.15, 0.2) is 0 Å². The number of amides is 1. The highest BCUT2D eigenvalue weighted by Crippen LogP contribution is 2.43. The summed E-state index contributed by atoms with van der Waals surface area (Å²) in [6.07, 6.45) is 53.7. The summed E-state index contributed by atoms with van der Waals surface area (Å²) < 4.78 is 23.6. The van der Waals surface area contributed by atoms with Crippen LogP contribution in [0.4, 0.5) is 0 Å². The predicted molar refractivity (Wildman–Crippen MR) is 258 cm³/mol. The first-order valence-corrected chi connectivity index (χ1v) is 26.9. The van der Waals surface area contributed by atoms with Crippen molar-refractivity contribution < 1.29 is 32.9 Å². The Labute approximate surface area is 372 Å². The van der Waals surface area contributed by atoms with E-state index in [4.69, 9.17) is 9.05 Å². The van der Waals surface area contributed by atoms with Crippen molar-refractivity contribution in [2.24, 2.45) is 0 Å². The molecule has 9 heteroatoms. The number of carbonyl (C=O) groups is 1. The number of aliphatic hydroxyl groups is 1. The Balaban J connectivity index is 4.35. The molecular weight excluding hydrogens is 768 g/mol. The van der Waals surface area contributed by atoms with Gasteiger partial charge in [0.25, 0.3) is 0 Å². The van der Waals surface area contributed by atoms with Crippen LogP contribution in [0.5, 0.6) is 0 Å². The predicted octanol–water partition coefficient (Wildman–Crippen LogP) is 14.6. The van der Waals surface area contributed by atoms with E-state index < -0.39 is 20.0 Å². The monoisotopic (exact) mass is 868 g/mol. The second kappa shape index (κ2) is 43.0. The number of nitrogens with zero attached hydrogens (tertiary/aromatic N) is 1. The number of unbranched alkanes of at least 4 members (excludes halogenated alkanes) is 29. The van der Waals surface area contributed by atoms with Crippen LogP contribution in [0.1, 0.15) is 232 Å². The van der Waals surface area contributed by atoms with Crippen LogP contribution in [0.2, 0.25) is 0 Å². The molecule has 0 aromatic heterocycles. The summed E-state index contributed by atoms with van der Waals surface area (Å²) in [6, 6.07) is -0.864. The maximum Gasteiger partial charge on any atom is 0.472 e. The van der Waals surface area contributed by atoms with Crippen molar-refractivity contribution in [2.45, 2.75) is 244 Å². The number of likely N-dealkylation sites (N-methyl/N-ethyl adjacent to an activating group) is 1. The van der Waals surface area contributed by atoms with Crippen LogP contribution in [0.15, 0.2) is 36.5 Å². The molecule has 0 bridgehead atoms. The molecule has 0 spiro atoms. The molecule has 354 valence electrons. The molecule has 3 N–H and O–H groups in total. The van der Waals surface area contributed by atoms with Crippen LogP contribution in [0.3, 0.4) is 0 Å². The van der Waals surface area contributed by atoms with Gasteiger partial charge in [-0.25, -0.2) is 4.57 Å². The number of carbonyl (C=O) groups excluding carboxylic acids is 1. The molecule has 3 atom stereocenters. The van der Waals surface area contributed by atoms with Gasteiger partial charge in [-0.1, -0.05) is 204 Å². The molecule has 0 aliphatic carbocycles. The SMILES string of the molecule is CCCCCCCCCCCC/C=C\CCCCCCCCCC(=O)NC(COP(=O)(O)OCC[N+](C)(C)C)C(O)/C=C/CC/C=C/CCCCCCCCCCCCC. The molecule has 0 saturated heterocycles. The normalized spacial score (nSPS) is 14.4. The van der Waals surface area contributed by atoms with Crippen molar-refractivity contribution in [3.63, 3.8) is 0 Å². The molecule has 0 aromatic carbocycles. The molecule has 0 fully saturated rings. The molecule has 0 heterocycles. The van der Waals surface area contributed by atoms with E-state index in [0.29, 0.717) is 17.4 Å². The van der Waals surface area contributed by atoms with Crippen molar-refractivity contribution in [2.75, 3.05) is 40.9 Å². The molecule has 0 aliphatic rings. The topological polar surface area (TPSA) is 105 Å². The lowest BCUT2D eigenvalue weighted by Crippen LogP contribution is -2.45. The number of quaternary nitrogens is 1. The third kappa shape index (κ3) is 44.8. The van der Waals surface area contributed by atoms with Gasteiger partial charge in [-0.2, -0.15) is 0 Å². The Morgan fingerprint density at radius 3 is 1.33 bits per heavy atom. The van der Waals surface area contributed by atoms with E-state index in [1.807, 2.05) is 27.2 Å². The van der Waals surface area contributed by atoms with Gasteiger partial charge in [0.2, 0.25) is 5.91 Å². The quantitative estimate of drug-likeness (QED) is 0.0244. The van der Waals surface area contributed by atoms with E-state index >= 15 is 0 Å². The Kier molecular flexibility index (Phi) is 42.1. The number of aliphatic hydroxyl groups excluding tert-OH is 1. The second-order valence-corrected chi connectivity index (χ2v) is 20.0. The summed E-state index contributed by atoms with van der Waals surface area (Å²) >= 11 is 0. The largest absolute Gasteiger partial charge is 0.472 e. The van der Waals surface area contributed by atoms with Gasteiger partial charge < -0.3 is 19.8 Å². The van der Waals surface area contributed by atoms with Gasteiger partial charge in [0.1, 0.15) is 13.2 Å². The van der Waals surface area contributed by atoms with Gasteiger partial charge in [0.05, 0.1) is 39.9 Å². The van der Waals surface area contributed by atoms with E-state index in [0.717, 1.165) is 38.5 Å². The zero-order valence-electron chi connectivity index (χ0n) is 40.2. The summed E-state index contributed by atoms with van der Waals surface area (Å²) in [5.74, 6) is -0.190. The zero-order chi connectivity index (χ0) is 44.3. The summed E-state index contributed by atoms with van der Waals surface area (Å²) in [5.41, 5.74) is 0. The van der Waals surface area contributed by atoms with Gasteiger partial charge in [-0.3, -0.25) is 13.8 Å². The Bertz CT molecular complexity index is 1070. The highest BCUT2D eigenvalue weighted by Gasteiger charge is 2.27. The minimum Gasteiger partial charge on any atom is -0.387 e. The molecule has 3 unspecified atom stereocenters. The van der Waals surface area contributed by atoms with Gasteiger partial charge in [-0.05, 0) is 57.8 Å². The van der Waals surface area contributed by atoms with Crippen LogP contribution in [-0.4, -0.2) is 73.4 Å². The fourth-order valence-corrected chi connectivity index (χ4v) is 8.02. The van der Waals surface area contributed by atoms with Crippen molar-refractivity contribution in [3.8, 4) is 0 Å². The number of hydrogen-bond acceptors (Lipinski definition) is 5. The summed E-state index contributed by atoms with van der Waals surface area (Å²) in [4.78, 5) is 23.2. The van der Waals surface area contributed by atoms with Gasteiger partial charge in [0, 0.05) is 6.42 Å². The Morgan fingerprint density at radius 2 is 0.917 bits per heavy atom. The fraction of sp³-hybridized carbons (Fsp3) is 0.863. The summed E-state index contributed by atoms with van der Waals surface area (Å²) in [7, 11) is 1.55. The van der Waals surface area contributed by atoms with Crippen LogP contribution in [0, 0.1) is 0 Å². The molecule has 1 amide bonds. The average molecular weight is 868 g/mol. The lowest BCUT2D eigenvalue weighted by atomic mass is 10.1. The van der Waals surface area contributed by atoms with E-state index in [-0.39, 0.29) is 19.1 Å². The molecule has 60 heavy (non-hydrogen) atoms. The summed E-state index contributed by atoms with van der Waals surface area (Å²) in [6.45, 7) is 4.81. The van der Waals surface area contributed by atoms with Crippen molar-refractivity contribution in [3.05, 3.63) is 36.5 Å². The highest BCUT2D eigenvalue weighted by molar-refractivity contribution is 7.47. The standard InChI is InChI=1S/C51H99N2O6P/c1-6-8-10-12-14-16-18-20-22-24-25-26-27-29-31-33-35-37-39-41-43-45-51(55)52-49(48-59-60(56,57)58-47-46-53(3,4)5)50(54)44-42-40-38-36-34-32-30-28-23-21-19-17-15-13-11-9-7-2/h26-27,34,36,42,44,49-50,54H,6-25,28-33,35,37-41,43,45-48H2,1-5H3,(H-,52,55,56,57)/p+1/b27-26-,36-34+,44-42+. The number of phosphoric acid groups is 1. The first-order valence-electron chi connectivity index (χ1n) is 25.4. The van der Waals surface area contributed by atoms with Crippen molar-refractivity contribution >= 4 is 13.7 Å². The number of hydrogen-bond donors (Lipinski definition) is 3. The number of nitrogens with one attached hydrogen (secondary N) is 1. The molecule has 0 radical (unpaired) electrons. The van der Waals surface area contributed by atoms with Crippen LogP contribution < -0.4 is 5.32 Å². The zero-order valence-corrected chi connectivity index (χ0v) is 41.1. The van der Waals surface area contributed by atoms with Crippen LogP contribution in [-0.2, 0) is 18.4 Å². The molecule has 0 aromatic rings. The minimum atomic E-state index is -4.35. The smallest absolute Gasteiger partial charge is 0.387 e. The van der Waals surface area contributed by atoms with E-state index in [1.165, 1.54) is 173 Å². The number of phosphoric ester groups is 1. The van der Waals surface area contributed by atoms with Crippen molar-refractivity contribution in [1.82, 2.24) is 5.32 Å². The third-order valence-electron chi connectivity index (χ3n) is 11.3. The lowest BCUT2D eigenvalue weighted by molar-refractivity contribution is -0.870. The lowest BCUT2D eigenvalue weighted by Gasteiger charge is -2.25. The van der Waals surface area contributed by atoms with Crippen LogP contribution >= 0.6 is 7.82 Å². The number of rotatable bonds is 46. The fourth-order valence-electron chi connectivity index (χ4n) is 7.29.